The van der Waals surface area contributed by atoms with Gasteiger partial charge in [-0.3, -0.25) is 0 Å². The van der Waals surface area contributed by atoms with Gasteiger partial charge in [0.05, 0.1) is 0 Å². The maximum absolute atomic E-state index is 12.1. The van der Waals surface area contributed by atoms with Gasteiger partial charge in [0.1, 0.15) is 0 Å². The zero-order valence-corrected chi connectivity index (χ0v) is 12.7. The van der Waals surface area contributed by atoms with Crippen molar-refractivity contribution in [3.05, 3.63) is 35.9 Å². The summed E-state index contributed by atoms with van der Waals surface area (Å²) in [6.07, 6.45) is 3.17. The molecular weight excluding hydrogens is 274 g/mol. The first-order valence-electron chi connectivity index (χ1n) is 7.06. The minimum atomic E-state index is -3.39. The molecule has 1 unspecified atom stereocenters. The number of hydrogen-bond acceptors (Lipinski definition) is 3. The van der Waals surface area contributed by atoms with Gasteiger partial charge in [0.25, 0.3) is 10.2 Å². The van der Waals surface area contributed by atoms with Crippen molar-refractivity contribution in [3.63, 3.8) is 0 Å². The molecule has 6 heteroatoms. The summed E-state index contributed by atoms with van der Waals surface area (Å²) in [7, 11) is -1.79. The molecule has 1 heterocycles. The van der Waals surface area contributed by atoms with Gasteiger partial charge in [-0.1, -0.05) is 30.3 Å². The van der Waals surface area contributed by atoms with Gasteiger partial charge in [0.15, 0.2) is 0 Å². The summed E-state index contributed by atoms with van der Waals surface area (Å²) < 4.78 is 28.2. The van der Waals surface area contributed by atoms with Crippen LogP contribution in [0.5, 0.6) is 0 Å². The number of nitrogens with one attached hydrogen (secondary N) is 2. The zero-order chi connectivity index (χ0) is 14.4. The molecule has 5 nitrogen and oxygen atoms in total. The van der Waals surface area contributed by atoms with E-state index in [2.05, 4.69) is 10.0 Å². The van der Waals surface area contributed by atoms with Crippen LogP contribution in [0.3, 0.4) is 0 Å². The van der Waals surface area contributed by atoms with E-state index < -0.39 is 10.2 Å². The zero-order valence-electron chi connectivity index (χ0n) is 11.9. The largest absolute Gasteiger partial charge is 0.314 e. The Labute approximate surface area is 121 Å². The Kier molecular flexibility index (Phi) is 5.54. The number of rotatable bonds is 7. The van der Waals surface area contributed by atoms with Crippen LogP contribution in [0.25, 0.3) is 0 Å². The molecule has 0 saturated carbocycles. The predicted molar refractivity (Wildman–Crippen MR) is 80.5 cm³/mol. The summed E-state index contributed by atoms with van der Waals surface area (Å²) in [5.41, 5.74) is 0.984. The number of hydrogen-bond donors (Lipinski definition) is 2. The summed E-state index contributed by atoms with van der Waals surface area (Å²) in [6, 6.07) is 10.1. The van der Waals surface area contributed by atoms with E-state index in [0.717, 1.165) is 24.9 Å². The van der Waals surface area contributed by atoms with E-state index in [4.69, 9.17) is 0 Å². The molecule has 0 bridgehead atoms. The second-order valence-electron chi connectivity index (χ2n) is 5.22. The van der Waals surface area contributed by atoms with Crippen molar-refractivity contribution in [1.82, 2.24) is 14.3 Å². The Morgan fingerprint density at radius 1 is 1.35 bits per heavy atom. The molecule has 0 radical (unpaired) electrons. The molecule has 0 aliphatic carbocycles. The molecule has 0 spiro atoms. The van der Waals surface area contributed by atoms with Gasteiger partial charge in [0, 0.05) is 26.2 Å². The topological polar surface area (TPSA) is 61.4 Å². The van der Waals surface area contributed by atoms with Gasteiger partial charge in [-0.25, -0.2) is 4.72 Å². The standard InChI is InChI=1S/C14H23N3O2S/c1-17(12-13-6-3-2-4-7-13)20(18,19)16-11-9-14-8-5-10-15-14/h2-4,6-7,14-16H,5,8-12H2,1H3. The molecule has 1 aliphatic heterocycles. The highest BCUT2D eigenvalue weighted by atomic mass is 32.2. The Morgan fingerprint density at radius 3 is 2.75 bits per heavy atom. The van der Waals surface area contributed by atoms with Crippen LogP contribution >= 0.6 is 0 Å². The number of nitrogens with zero attached hydrogens (tertiary/aromatic N) is 1. The van der Waals surface area contributed by atoms with Crippen LogP contribution < -0.4 is 10.0 Å². The average molecular weight is 297 g/mol. The summed E-state index contributed by atoms with van der Waals surface area (Å²) in [6.45, 7) is 1.92. The van der Waals surface area contributed by atoms with Gasteiger partial charge in [-0.2, -0.15) is 12.7 Å². The van der Waals surface area contributed by atoms with E-state index in [1.165, 1.54) is 10.7 Å². The van der Waals surface area contributed by atoms with Crippen LogP contribution in [0.4, 0.5) is 0 Å². The third kappa shape index (κ3) is 4.56. The van der Waals surface area contributed by atoms with Crippen molar-refractivity contribution in [2.75, 3.05) is 20.1 Å². The highest BCUT2D eigenvalue weighted by molar-refractivity contribution is 7.87. The lowest BCUT2D eigenvalue weighted by Gasteiger charge is -2.18. The van der Waals surface area contributed by atoms with Crippen LogP contribution in [0.15, 0.2) is 30.3 Å². The molecule has 112 valence electrons. The Balaban J connectivity index is 1.79. The Morgan fingerprint density at radius 2 is 2.10 bits per heavy atom. The molecule has 2 rings (SSSR count). The highest BCUT2D eigenvalue weighted by Gasteiger charge is 2.19. The lowest BCUT2D eigenvalue weighted by Crippen LogP contribution is -2.39. The van der Waals surface area contributed by atoms with Gasteiger partial charge in [0.2, 0.25) is 0 Å². The SMILES string of the molecule is CN(Cc1ccccc1)S(=O)(=O)NCCC1CCCN1. The van der Waals surface area contributed by atoms with Gasteiger partial charge in [-0.05, 0) is 31.4 Å². The quantitative estimate of drug-likeness (QED) is 0.792. The first kappa shape index (κ1) is 15.4. The van der Waals surface area contributed by atoms with Gasteiger partial charge < -0.3 is 5.32 Å². The minimum absolute atomic E-state index is 0.387. The Hall–Kier alpha value is -0.950. The van der Waals surface area contributed by atoms with E-state index in [1.807, 2.05) is 30.3 Å². The van der Waals surface area contributed by atoms with Gasteiger partial charge in [-0.15, -0.1) is 0 Å². The summed E-state index contributed by atoms with van der Waals surface area (Å²) in [5.74, 6) is 0. The molecule has 1 saturated heterocycles. The summed E-state index contributed by atoms with van der Waals surface area (Å²) in [4.78, 5) is 0. The molecule has 1 aliphatic rings. The second kappa shape index (κ2) is 7.17. The van der Waals surface area contributed by atoms with Crippen LogP contribution in [-0.2, 0) is 16.8 Å². The summed E-state index contributed by atoms with van der Waals surface area (Å²) in [5, 5.41) is 3.36. The maximum atomic E-state index is 12.1. The van der Waals surface area contributed by atoms with Crippen molar-refractivity contribution in [1.29, 1.82) is 0 Å². The molecule has 2 N–H and O–H groups in total. The van der Waals surface area contributed by atoms with E-state index in [1.54, 1.807) is 7.05 Å². The Bertz CT molecular complexity index is 498. The molecule has 0 amide bonds. The van der Waals surface area contributed by atoms with Crippen LogP contribution in [0.1, 0.15) is 24.8 Å². The normalized spacial score (nSPS) is 19.6. The van der Waals surface area contributed by atoms with Crippen molar-refractivity contribution in [2.45, 2.75) is 31.8 Å². The maximum Gasteiger partial charge on any atom is 0.279 e. The fourth-order valence-corrected chi connectivity index (χ4v) is 3.32. The molecule has 1 aromatic rings. The molecule has 1 atom stereocenters. The van der Waals surface area contributed by atoms with E-state index in [0.29, 0.717) is 19.1 Å². The fraction of sp³-hybridized carbons (Fsp3) is 0.571. The lowest BCUT2D eigenvalue weighted by atomic mass is 10.2. The van der Waals surface area contributed by atoms with Gasteiger partial charge >= 0.3 is 0 Å². The monoisotopic (exact) mass is 297 g/mol. The highest BCUT2D eigenvalue weighted by Crippen LogP contribution is 2.09. The average Bonchev–Trinajstić information content (AvgIpc) is 2.93. The molecule has 1 fully saturated rings. The van der Waals surface area contributed by atoms with Crippen molar-refractivity contribution in [2.24, 2.45) is 0 Å². The summed E-state index contributed by atoms with van der Waals surface area (Å²) >= 11 is 0. The molecule has 1 aromatic carbocycles. The van der Waals surface area contributed by atoms with Crippen molar-refractivity contribution < 1.29 is 8.42 Å². The van der Waals surface area contributed by atoms with E-state index >= 15 is 0 Å². The van der Waals surface area contributed by atoms with Crippen molar-refractivity contribution in [3.8, 4) is 0 Å². The fourth-order valence-electron chi connectivity index (χ4n) is 2.40. The smallest absolute Gasteiger partial charge is 0.279 e. The van der Waals surface area contributed by atoms with E-state index in [-0.39, 0.29) is 0 Å². The molecule has 0 aromatic heterocycles. The predicted octanol–water partition coefficient (Wildman–Crippen LogP) is 1.09. The third-order valence-electron chi connectivity index (χ3n) is 3.60. The van der Waals surface area contributed by atoms with Crippen LogP contribution in [0, 0.1) is 0 Å². The van der Waals surface area contributed by atoms with Crippen molar-refractivity contribution >= 4 is 10.2 Å². The molecule has 20 heavy (non-hydrogen) atoms. The van der Waals surface area contributed by atoms with E-state index in [9.17, 15) is 8.42 Å². The first-order chi connectivity index (χ1) is 9.58. The minimum Gasteiger partial charge on any atom is -0.314 e. The number of benzene rings is 1. The lowest BCUT2D eigenvalue weighted by molar-refractivity contribution is 0.450. The van der Waals surface area contributed by atoms with Crippen LogP contribution in [-0.4, -0.2) is 38.9 Å². The second-order valence-corrected chi connectivity index (χ2v) is 7.09. The third-order valence-corrected chi connectivity index (χ3v) is 5.12. The molecular formula is C14H23N3O2S. The van der Waals surface area contributed by atoms with Crippen LogP contribution in [0.2, 0.25) is 0 Å². The first-order valence-corrected chi connectivity index (χ1v) is 8.50.